The quantitative estimate of drug-likeness (QED) is 0.261. The molecule has 3 fully saturated rings. The average Bonchev–Trinajstić information content (AvgIpc) is 3.44. The minimum Gasteiger partial charge on any atom is -0.481 e. The lowest BCUT2D eigenvalue weighted by atomic mass is 9.73. The van der Waals surface area contributed by atoms with E-state index < -0.39 is 11.6 Å². The third-order valence-electron chi connectivity index (χ3n) is 12.0. The monoisotopic (exact) mass is 611 g/mol. The van der Waals surface area contributed by atoms with Crippen LogP contribution in [0.3, 0.4) is 0 Å². The Morgan fingerprint density at radius 1 is 0.955 bits per heavy atom. The molecule has 248 valence electrons. The number of hydrogen-bond donors (Lipinski definition) is 6. The molecule has 44 heavy (non-hydrogen) atoms. The van der Waals surface area contributed by atoms with Gasteiger partial charge in [0.15, 0.2) is 0 Å². The van der Waals surface area contributed by atoms with Gasteiger partial charge in [-0.25, -0.2) is 0 Å². The Morgan fingerprint density at radius 3 is 2.45 bits per heavy atom. The molecule has 7 nitrogen and oxygen atoms in total. The van der Waals surface area contributed by atoms with E-state index in [0.29, 0.717) is 31.0 Å². The van der Waals surface area contributed by atoms with E-state index in [4.69, 9.17) is 0 Å². The lowest BCUT2D eigenvalue weighted by Crippen LogP contribution is -2.58. The summed E-state index contributed by atoms with van der Waals surface area (Å²) in [6, 6.07) is 10.3. The summed E-state index contributed by atoms with van der Waals surface area (Å²) in [5.41, 5.74) is 1.70. The number of carboxylic acids is 1. The Morgan fingerprint density at radius 2 is 1.70 bits per heavy atom. The van der Waals surface area contributed by atoms with E-state index in [2.05, 4.69) is 54.1 Å². The third-order valence-corrected chi connectivity index (χ3v) is 12.0. The average molecular weight is 612 g/mol. The van der Waals surface area contributed by atoms with E-state index in [9.17, 15) is 20.1 Å². The Bertz CT molecular complexity index is 1080. The fourth-order valence-electron chi connectivity index (χ4n) is 9.19. The van der Waals surface area contributed by atoms with Crippen molar-refractivity contribution in [2.24, 2.45) is 11.3 Å². The van der Waals surface area contributed by atoms with Crippen LogP contribution >= 0.6 is 0 Å². The molecule has 1 aliphatic carbocycles. The topological polar surface area (TPSA) is 114 Å². The molecule has 1 saturated carbocycles. The van der Waals surface area contributed by atoms with Gasteiger partial charge in [-0.2, -0.15) is 0 Å². The summed E-state index contributed by atoms with van der Waals surface area (Å²) in [5.74, 6) is -0.292. The zero-order chi connectivity index (χ0) is 31.2. The van der Waals surface area contributed by atoms with E-state index >= 15 is 0 Å². The SMILES string of the molecule is C[C@H]1N[C@H](CC[C@H]2CCCC3(CCCC3)CC[C@@](O)(CC(=O)O)CN[C@@]3(C)CCN[C@H](Cc4cccc(c4)C2)C3)CC[C@H]1O. The zero-order valence-electron chi connectivity index (χ0n) is 27.6. The maximum Gasteiger partial charge on any atom is 0.306 e. The number of rotatable bonds is 5. The first kappa shape index (κ1) is 33.8. The zero-order valence-corrected chi connectivity index (χ0v) is 27.6. The van der Waals surface area contributed by atoms with Crippen molar-refractivity contribution in [3.8, 4) is 0 Å². The largest absolute Gasteiger partial charge is 0.481 e. The molecule has 1 aromatic carbocycles. The molecule has 2 saturated heterocycles. The number of carboxylic acid groups (broad SMARTS) is 1. The number of hydrogen-bond acceptors (Lipinski definition) is 6. The molecular formula is C37H61N3O4. The summed E-state index contributed by atoms with van der Waals surface area (Å²) >= 11 is 0. The Kier molecular flexibility index (Phi) is 11.5. The first-order chi connectivity index (χ1) is 21.0. The van der Waals surface area contributed by atoms with Crippen molar-refractivity contribution in [2.75, 3.05) is 13.1 Å². The summed E-state index contributed by atoms with van der Waals surface area (Å²) < 4.78 is 0. The number of fused-ring (bicyclic) bond motifs is 4. The second-order valence-corrected chi connectivity index (χ2v) is 15.9. The van der Waals surface area contributed by atoms with Crippen molar-refractivity contribution in [3.63, 3.8) is 0 Å². The smallest absolute Gasteiger partial charge is 0.306 e. The highest BCUT2D eigenvalue weighted by molar-refractivity contribution is 5.68. The van der Waals surface area contributed by atoms with E-state index in [0.717, 1.165) is 57.9 Å². The maximum absolute atomic E-state index is 11.9. The van der Waals surface area contributed by atoms with Crippen LogP contribution < -0.4 is 16.0 Å². The van der Waals surface area contributed by atoms with Crippen LogP contribution in [0.1, 0.15) is 128 Å². The number of piperidine rings is 2. The summed E-state index contributed by atoms with van der Waals surface area (Å²) in [5, 5.41) is 42.9. The normalized spacial score (nSPS) is 37.2. The van der Waals surface area contributed by atoms with Gasteiger partial charge in [-0.3, -0.25) is 4.79 Å². The summed E-state index contributed by atoms with van der Waals surface area (Å²) in [6.45, 7) is 5.61. The molecule has 5 rings (SSSR count). The first-order valence-electron chi connectivity index (χ1n) is 18.0. The number of benzene rings is 1. The molecule has 1 spiro atoms. The molecule has 4 bridgehead atoms. The van der Waals surface area contributed by atoms with Gasteiger partial charge in [0.1, 0.15) is 0 Å². The van der Waals surface area contributed by atoms with Gasteiger partial charge in [0.25, 0.3) is 0 Å². The number of carbonyl (C=O) groups is 1. The van der Waals surface area contributed by atoms with E-state index in [1.54, 1.807) is 0 Å². The molecule has 6 N–H and O–H groups in total. The molecule has 1 aromatic rings. The lowest BCUT2D eigenvalue weighted by molar-refractivity contribution is -0.143. The number of aliphatic hydroxyl groups is 2. The molecule has 0 unspecified atom stereocenters. The second kappa shape index (κ2) is 14.9. The van der Waals surface area contributed by atoms with Crippen molar-refractivity contribution >= 4 is 5.97 Å². The number of nitrogens with one attached hydrogen (secondary N) is 3. The van der Waals surface area contributed by atoms with Crippen LogP contribution in [-0.2, 0) is 17.6 Å². The van der Waals surface area contributed by atoms with Crippen molar-refractivity contribution in [3.05, 3.63) is 35.4 Å². The molecule has 0 radical (unpaired) electrons. The van der Waals surface area contributed by atoms with Gasteiger partial charge in [0, 0.05) is 30.2 Å². The van der Waals surface area contributed by atoms with E-state index in [-0.39, 0.29) is 29.5 Å². The Hall–Kier alpha value is -1.51. The molecule has 0 aromatic heterocycles. The summed E-state index contributed by atoms with van der Waals surface area (Å²) in [6.07, 6.45) is 17.8. The summed E-state index contributed by atoms with van der Waals surface area (Å²) in [4.78, 5) is 11.9. The van der Waals surface area contributed by atoms with Gasteiger partial charge in [0.05, 0.1) is 18.1 Å². The van der Waals surface area contributed by atoms with Crippen molar-refractivity contribution in [1.29, 1.82) is 0 Å². The fourth-order valence-corrected chi connectivity index (χ4v) is 9.19. The van der Waals surface area contributed by atoms with Crippen LogP contribution in [0.25, 0.3) is 0 Å². The Labute approximate surface area is 266 Å². The predicted octanol–water partition coefficient (Wildman–Crippen LogP) is 5.50. The van der Waals surface area contributed by atoms with Gasteiger partial charge in [-0.1, -0.05) is 49.9 Å². The standard InChI is InChI=1S/C37H61N3O4/c1-27-33(41)13-12-31(40-27)11-10-28-9-6-16-36(14-3-4-15-36)17-18-37(44,25-34(42)43)26-39-35(2)19-20-38-32(24-35)23-30-8-5-7-29(21-28)22-30/h5,7-8,22,27-28,31-33,38-41,44H,3-4,6,9-21,23-26H2,1-2H3,(H,42,43)/t27-,28-,31-,32-,33-,35+,37-/m1/s1. The molecule has 7 heteroatoms. The molecular weight excluding hydrogens is 550 g/mol. The van der Waals surface area contributed by atoms with Crippen molar-refractivity contribution < 1.29 is 20.1 Å². The fraction of sp³-hybridized carbons (Fsp3) is 0.811. The highest BCUT2D eigenvalue weighted by Crippen LogP contribution is 2.47. The van der Waals surface area contributed by atoms with Crippen molar-refractivity contribution in [2.45, 2.75) is 165 Å². The van der Waals surface area contributed by atoms with Crippen LogP contribution in [0.15, 0.2) is 24.3 Å². The van der Waals surface area contributed by atoms with Gasteiger partial charge in [0.2, 0.25) is 0 Å². The summed E-state index contributed by atoms with van der Waals surface area (Å²) in [7, 11) is 0. The van der Waals surface area contributed by atoms with Crippen LogP contribution in [0, 0.1) is 11.3 Å². The Balaban J connectivity index is 1.35. The number of aliphatic carboxylic acids is 1. The second-order valence-electron chi connectivity index (χ2n) is 15.9. The minimum atomic E-state index is -1.23. The predicted molar refractivity (Wildman–Crippen MR) is 177 cm³/mol. The highest BCUT2D eigenvalue weighted by atomic mass is 16.4. The van der Waals surface area contributed by atoms with Crippen molar-refractivity contribution in [1.82, 2.24) is 16.0 Å². The van der Waals surface area contributed by atoms with E-state index in [1.165, 1.54) is 62.5 Å². The van der Waals surface area contributed by atoms with Gasteiger partial charge >= 0.3 is 5.97 Å². The van der Waals surface area contributed by atoms with Crippen LogP contribution in [0.4, 0.5) is 0 Å². The third kappa shape index (κ3) is 9.51. The van der Waals surface area contributed by atoms with Crippen LogP contribution in [-0.4, -0.2) is 69.7 Å². The van der Waals surface area contributed by atoms with Crippen LogP contribution in [0.5, 0.6) is 0 Å². The lowest BCUT2D eigenvalue weighted by Gasteiger charge is -2.42. The molecule has 3 heterocycles. The number of β-amino-alcohol motifs (C(OH)–C–C–N with tert-alkyl or cyclic N) is 1. The van der Waals surface area contributed by atoms with Gasteiger partial charge in [-0.05, 0) is 126 Å². The van der Waals surface area contributed by atoms with Gasteiger partial charge in [-0.15, -0.1) is 0 Å². The molecule has 3 aliphatic heterocycles. The number of aliphatic hydroxyl groups excluding tert-OH is 1. The van der Waals surface area contributed by atoms with Gasteiger partial charge < -0.3 is 31.3 Å². The first-order valence-corrected chi connectivity index (χ1v) is 18.0. The molecule has 4 aliphatic rings. The molecule has 7 atom stereocenters. The maximum atomic E-state index is 11.9. The highest BCUT2D eigenvalue weighted by Gasteiger charge is 2.40. The molecule has 0 amide bonds. The minimum absolute atomic E-state index is 0.137. The van der Waals surface area contributed by atoms with Crippen LogP contribution in [0.2, 0.25) is 0 Å². The van der Waals surface area contributed by atoms with E-state index in [1.807, 2.05) is 0 Å².